The molecule has 0 saturated heterocycles. The summed E-state index contributed by atoms with van der Waals surface area (Å²) in [7, 11) is -3.12. The summed E-state index contributed by atoms with van der Waals surface area (Å²) in [6, 6.07) is 5.55. The molecule has 4 saturated carbocycles. The van der Waals surface area contributed by atoms with Crippen molar-refractivity contribution in [2.75, 3.05) is 11.6 Å². The molecule has 0 aliphatic heterocycles. The molecule has 6 nitrogen and oxygen atoms in total. The van der Waals surface area contributed by atoms with Gasteiger partial charge in [-0.05, 0) is 48.8 Å². The number of nitrogens with one attached hydrogen (secondary N) is 2. The minimum Gasteiger partial charge on any atom is -0.321 e. The van der Waals surface area contributed by atoms with Crippen LogP contribution in [0, 0.1) is 16.1 Å². The molecule has 35 heavy (non-hydrogen) atoms. The van der Waals surface area contributed by atoms with E-state index in [2.05, 4.69) is 10.4 Å². The van der Waals surface area contributed by atoms with E-state index < -0.39 is 62.7 Å². The number of carbonyl (C=O) groups excluding carboxylic acids is 1. The minimum atomic E-state index is -4.87. The first kappa shape index (κ1) is 24.2. The third-order valence-electron chi connectivity index (χ3n) is 7.44. The van der Waals surface area contributed by atoms with Crippen molar-refractivity contribution in [3.8, 4) is 0 Å². The van der Waals surface area contributed by atoms with Crippen LogP contribution in [0.4, 0.5) is 27.6 Å². The van der Waals surface area contributed by atoms with Gasteiger partial charge < -0.3 is 5.32 Å². The van der Waals surface area contributed by atoms with Gasteiger partial charge in [0.2, 0.25) is 5.92 Å². The maximum atomic E-state index is 14.4. The zero-order valence-electron chi connectivity index (χ0n) is 19.1. The molecule has 1 unspecified atom stereocenters. The van der Waals surface area contributed by atoms with E-state index in [1.807, 2.05) is 0 Å². The lowest BCUT2D eigenvalue weighted by Gasteiger charge is -2.61. The van der Waals surface area contributed by atoms with Crippen LogP contribution in [0.5, 0.6) is 0 Å². The van der Waals surface area contributed by atoms with Gasteiger partial charge >= 0.3 is 6.18 Å². The Morgan fingerprint density at radius 2 is 1.89 bits per heavy atom. The van der Waals surface area contributed by atoms with Crippen LogP contribution in [0.25, 0.3) is 0 Å². The van der Waals surface area contributed by atoms with Crippen molar-refractivity contribution >= 4 is 21.3 Å². The Morgan fingerprint density at radius 3 is 2.37 bits per heavy atom. The summed E-state index contributed by atoms with van der Waals surface area (Å²) in [6.07, 6.45) is -2.97. The highest BCUT2D eigenvalue weighted by atomic mass is 32.2. The van der Waals surface area contributed by atoms with E-state index in [0.29, 0.717) is 25.2 Å². The van der Waals surface area contributed by atoms with Gasteiger partial charge in [-0.3, -0.25) is 9.48 Å². The fraction of sp³-hybridized carbons (Fsp3) is 0.565. The summed E-state index contributed by atoms with van der Waals surface area (Å²) >= 11 is 0. The molecular weight excluding hydrogens is 491 g/mol. The van der Waals surface area contributed by atoms with Crippen molar-refractivity contribution in [1.29, 1.82) is 4.78 Å². The first-order valence-electron chi connectivity index (χ1n) is 11.2. The van der Waals surface area contributed by atoms with Crippen LogP contribution in [0.1, 0.15) is 60.8 Å². The smallest absolute Gasteiger partial charge is 0.321 e. The van der Waals surface area contributed by atoms with E-state index >= 15 is 0 Å². The van der Waals surface area contributed by atoms with Crippen LogP contribution < -0.4 is 5.32 Å². The molecule has 0 radical (unpaired) electrons. The van der Waals surface area contributed by atoms with Crippen molar-refractivity contribution < 1.29 is 31.0 Å². The lowest BCUT2D eigenvalue weighted by Crippen LogP contribution is -2.56. The molecule has 0 spiro atoms. The van der Waals surface area contributed by atoms with Gasteiger partial charge in [-0.1, -0.05) is 13.0 Å². The maximum Gasteiger partial charge on any atom is 0.420 e. The molecule has 6 rings (SSSR count). The fourth-order valence-corrected chi connectivity index (χ4v) is 6.58. The second-order valence-corrected chi connectivity index (χ2v) is 13.0. The van der Waals surface area contributed by atoms with E-state index in [4.69, 9.17) is 4.78 Å². The quantitative estimate of drug-likeness (QED) is 0.485. The second-order valence-electron chi connectivity index (χ2n) is 10.8. The van der Waals surface area contributed by atoms with Crippen LogP contribution in [-0.2, 0) is 27.9 Å². The first-order chi connectivity index (χ1) is 16.0. The molecule has 1 heterocycles. The highest BCUT2D eigenvalue weighted by Gasteiger charge is 2.62. The van der Waals surface area contributed by atoms with E-state index in [9.17, 15) is 31.0 Å². The number of halogens is 5. The number of carbonyl (C=O) groups is 1. The van der Waals surface area contributed by atoms with Gasteiger partial charge in [0, 0.05) is 41.6 Å². The van der Waals surface area contributed by atoms with E-state index in [0.717, 1.165) is 4.68 Å². The van der Waals surface area contributed by atoms with Crippen molar-refractivity contribution in [3.05, 3.63) is 41.2 Å². The molecule has 1 amide bonds. The maximum absolute atomic E-state index is 14.4. The number of aromatic nitrogens is 2. The molecule has 2 N–H and O–H groups in total. The summed E-state index contributed by atoms with van der Waals surface area (Å²) in [5.74, 6) is -3.61. The molecule has 2 bridgehead atoms. The topological polar surface area (TPSA) is 87.8 Å². The molecular formula is C23H25F5N4O2S. The van der Waals surface area contributed by atoms with Crippen molar-refractivity contribution in [2.24, 2.45) is 11.3 Å². The molecule has 1 aromatic carbocycles. The molecule has 4 aliphatic carbocycles. The fourth-order valence-electron chi connectivity index (χ4n) is 5.89. The zero-order valence-corrected chi connectivity index (χ0v) is 20.0. The lowest BCUT2D eigenvalue weighted by atomic mass is 9.43. The molecule has 4 fully saturated rings. The Balaban J connectivity index is 1.57. The summed E-state index contributed by atoms with van der Waals surface area (Å²) in [5.41, 5.74) is -3.64. The van der Waals surface area contributed by atoms with Gasteiger partial charge in [0.1, 0.15) is 11.3 Å². The largest absolute Gasteiger partial charge is 0.420 e. The lowest BCUT2D eigenvalue weighted by molar-refractivity contribution is -0.160. The molecule has 190 valence electrons. The third kappa shape index (κ3) is 4.13. The van der Waals surface area contributed by atoms with E-state index in [-0.39, 0.29) is 22.8 Å². The Hall–Kier alpha value is -2.50. The summed E-state index contributed by atoms with van der Waals surface area (Å²) < 4.78 is 91.2. The predicted molar refractivity (Wildman–Crippen MR) is 118 cm³/mol. The summed E-state index contributed by atoms with van der Waals surface area (Å²) in [4.78, 5) is 13.4. The van der Waals surface area contributed by atoms with Gasteiger partial charge in [-0.2, -0.15) is 18.3 Å². The average molecular weight is 517 g/mol. The normalized spacial score (nSPS) is 27.7. The molecule has 1 atom stereocenters. The van der Waals surface area contributed by atoms with E-state index in [1.165, 1.54) is 30.5 Å². The highest BCUT2D eigenvalue weighted by Crippen LogP contribution is 2.66. The Bertz CT molecular complexity index is 1310. The number of nitrogens with zero attached hydrogens (tertiary/aromatic N) is 2. The zero-order chi connectivity index (χ0) is 25.6. The van der Waals surface area contributed by atoms with Crippen molar-refractivity contribution in [3.63, 3.8) is 0 Å². The van der Waals surface area contributed by atoms with Gasteiger partial charge in [0.15, 0.2) is 0 Å². The molecule has 4 aliphatic rings. The van der Waals surface area contributed by atoms with Crippen LogP contribution in [0.3, 0.4) is 0 Å². The number of rotatable bonds is 6. The Labute approximate surface area is 199 Å². The molecule has 2 aromatic rings. The number of alkyl halides is 5. The van der Waals surface area contributed by atoms with E-state index in [1.54, 1.807) is 6.92 Å². The van der Waals surface area contributed by atoms with Gasteiger partial charge in [0.05, 0.1) is 15.4 Å². The number of benzene rings is 1. The molecule has 12 heteroatoms. The number of amides is 1. The third-order valence-corrected chi connectivity index (χ3v) is 8.59. The van der Waals surface area contributed by atoms with Gasteiger partial charge in [0.25, 0.3) is 5.91 Å². The van der Waals surface area contributed by atoms with Gasteiger partial charge in [-0.15, -0.1) is 0 Å². The Kier molecular flexibility index (Phi) is 5.03. The monoisotopic (exact) mass is 516 g/mol. The Morgan fingerprint density at radius 1 is 1.26 bits per heavy atom. The number of anilines is 1. The predicted octanol–water partition coefficient (Wildman–Crippen LogP) is 5.68. The highest BCUT2D eigenvalue weighted by molar-refractivity contribution is 7.91. The standard InChI is InChI=1S/C23H25F5N4O2S/c1-20(10-22(24,25)11-20)12-32-17(19(33)30-14-4-3-5-15(6-14)35(2,29)34)16(23(26,27)28)18(31-32)21-7-13(8-21)9-21/h3-6,13,29H,7-12H2,1-2H3,(H,30,33). The van der Waals surface area contributed by atoms with Crippen LogP contribution in [0.2, 0.25) is 0 Å². The average Bonchev–Trinajstić information content (AvgIpc) is 2.95. The van der Waals surface area contributed by atoms with Crippen molar-refractivity contribution in [2.45, 2.75) is 68.0 Å². The summed E-state index contributed by atoms with van der Waals surface area (Å²) in [5, 5.41) is 6.68. The van der Waals surface area contributed by atoms with Crippen LogP contribution >= 0.6 is 0 Å². The number of hydrogen-bond donors (Lipinski definition) is 2. The van der Waals surface area contributed by atoms with Crippen LogP contribution in [0.15, 0.2) is 29.2 Å². The number of hydrogen-bond acceptors (Lipinski definition) is 4. The summed E-state index contributed by atoms with van der Waals surface area (Å²) in [6.45, 7) is 1.31. The van der Waals surface area contributed by atoms with Gasteiger partial charge in [-0.25, -0.2) is 17.8 Å². The second kappa shape index (κ2) is 7.27. The first-order valence-corrected chi connectivity index (χ1v) is 13.2. The van der Waals surface area contributed by atoms with Crippen molar-refractivity contribution in [1.82, 2.24) is 9.78 Å². The SMILES string of the molecule is CC1(Cn2nc(C34CC(C3)C4)c(C(F)(F)F)c2C(=O)Nc2cccc(S(C)(=N)=O)c2)CC(F)(F)C1. The van der Waals surface area contributed by atoms with Crippen LogP contribution in [-0.4, -0.2) is 32.1 Å². The molecule has 1 aromatic heterocycles. The minimum absolute atomic E-state index is 0.0728.